The maximum atomic E-state index is 12.5. The Morgan fingerprint density at radius 2 is 2.09 bits per heavy atom. The van der Waals surface area contributed by atoms with Crippen LogP contribution in [0.15, 0.2) is 18.2 Å². The second-order valence-electron chi connectivity index (χ2n) is 5.84. The lowest BCUT2D eigenvalue weighted by atomic mass is 9.96. The molecule has 0 saturated carbocycles. The third-order valence-corrected chi connectivity index (χ3v) is 4.21. The standard InChI is InChI=1S/C17H22N2O4/c1-11(20)12-5-6-15(23-2)14(8-12)9-16(21)19-7-3-4-13(10-19)17(18)22/h5-6,8,13H,3-4,7,9-10H2,1-2H3,(H2,18,22). The fraction of sp³-hybridized carbons (Fsp3) is 0.471. The second kappa shape index (κ2) is 7.26. The third kappa shape index (κ3) is 4.09. The summed E-state index contributed by atoms with van der Waals surface area (Å²) in [5.74, 6) is -0.216. The van der Waals surface area contributed by atoms with E-state index in [2.05, 4.69) is 0 Å². The molecule has 6 heteroatoms. The Morgan fingerprint density at radius 3 is 2.70 bits per heavy atom. The number of rotatable bonds is 5. The van der Waals surface area contributed by atoms with Gasteiger partial charge in [-0.15, -0.1) is 0 Å². The Morgan fingerprint density at radius 1 is 1.35 bits per heavy atom. The van der Waals surface area contributed by atoms with Gasteiger partial charge in [-0.1, -0.05) is 0 Å². The average Bonchev–Trinajstić information content (AvgIpc) is 2.54. The topological polar surface area (TPSA) is 89.7 Å². The van der Waals surface area contributed by atoms with Gasteiger partial charge < -0.3 is 15.4 Å². The van der Waals surface area contributed by atoms with Gasteiger partial charge in [0.15, 0.2) is 5.78 Å². The molecular weight excluding hydrogens is 296 g/mol. The summed E-state index contributed by atoms with van der Waals surface area (Å²) >= 11 is 0. The van der Waals surface area contributed by atoms with Gasteiger partial charge in [0, 0.05) is 24.2 Å². The minimum atomic E-state index is -0.362. The summed E-state index contributed by atoms with van der Waals surface area (Å²) in [6, 6.07) is 5.06. The van der Waals surface area contributed by atoms with Gasteiger partial charge in [0.05, 0.1) is 19.4 Å². The zero-order valence-electron chi connectivity index (χ0n) is 13.5. The molecule has 0 aliphatic carbocycles. The molecule has 1 aliphatic rings. The highest BCUT2D eigenvalue weighted by molar-refractivity contribution is 5.94. The zero-order valence-corrected chi connectivity index (χ0v) is 13.5. The summed E-state index contributed by atoms with van der Waals surface area (Å²) in [5.41, 5.74) is 6.56. The van der Waals surface area contributed by atoms with E-state index >= 15 is 0 Å². The van der Waals surface area contributed by atoms with Crippen LogP contribution in [0, 0.1) is 5.92 Å². The molecule has 23 heavy (non-hydrogen) atoms. The minimum Gasteiger partial charge on any atom is -0.496 e. The monoisotopic (exact) mass is 318 g/mol. The number of hydrogen-bond donors (Lipinski definition) is 1. The number of ketones is 1. The van der Waals surface area contributed by atoms with Crippen LogP contribution in [0.2, 0.25) is 0 Å². The molecule has 0 aromatic heterocycles. The Bertz CT molecular complexity index is 627. The molecule has 1 aromatic carbocycles. The predicted octanol–water partition coefficient (Wildman–Crippen LogP) is 1.16. The molecule has 0 radical (unpaired) electrons. The van der Waals surface area contributed by atoms with Crippen molar-refractivity contribution >= 4 is 17.6 Å². The van der Waals surface area contributed by atoms with Crippen molar-refractivity contribution in [1.82, 2.24) is 4.90 Å². The minimum absolute atomic E-state index is 0.0619. The largest absolute Gasteiger partial charge is 0.496 e. The van der Waals surface area contributed by atoms with Gasteiger partial charge in [-0.25, -0.2) is 0 Å². The van der Waals surface area contributed by atoms with Crippen molar-refractivity contribution in [3.8, 4) is 5.75 Å². The molecule has 0 spiro atoms. The SMILES string of the molecule is COc1ccc(C(C)=O)cc1CC(=O)N1CCCC(C(N)=O)C1. The summed E-state index contributed by atoms with van der Waals surface area (Å²) in [6.07, 6.45) is 1.63. The van der Waals surface area contributed by atoms with Crippen LogP contribution < -0.4 is 10.5 Å². The molecule has 2 amide bonds. The number of amides is 2. The number of hydrogen-bond acceptors (Lipinski definition) is 4. The molecule has 6 nitrogen and oxygen atoms in total. The molecule has 1 heterocycles. The van der Waals surface area contributed by atoms with E-state index in [1.807, 2.05) is 0 Å². The van der Waals surface area contributed by atoms with Gasteiger partial charge in [0.2, 0.25) is 11.8 Å². The first-order valence-corrected chi connectivity index (χ1v) is 7.67. The highest BCUT2D eigenvalue weighted by Gasteiger charge is 2.27. The average molecular weight is 318 g/mol. The first-order chi connectivity index (χ1) is 10.9. The van der Waals surface area contributed by atoms with Gasteiger partial charge >= 0.3 is 0 Å². The lowest BCUT2D eigenvalue weighted by Gasteiger charge is -2.31. The van der Waals surface area contributed by atoms with Crippen LogP contribution >= 0.6 is 0 Å². The molecule has 1 aromatic rings. The maximum Gasteiger partial charge on any atom is 0.227 e. The fourth-order valence-electron chi connectivity index (χ4n) is 2.85. The number of Topliss-reactive ketones (excluding diaryl/α,β-unsaturated/α-hetero) is 1. The van der Waals surface area contributed by atoms with E-state index in [0.29, 0.717) is 30.0 Å². The van der Waals surface area contributed by atoms with Crippen molar-refractivity contribution in [2.75, 3.05) is 20.2 Å². The molecule has 1 unspecified atom stereocenters. The second-order valence-corrected chi connectivity index (χ2v) is 5.84. The summed E-state index contributed by atoms with van der Waals surface area (Å²) in [7, 11) is 1.53. The molecular formula is C17H22N2O4. The van der Waals surface area contributed by atoms with Crippen molar-refractivity contribution < 1.29 is 19.1 Å². The van der Waals surface area contributed by atoms with Crippen LogP contribution in [-0.4, -0.2) is 42.7 Å². The van der Waals surface area contributed by atoms with Crippen molar-refractivity contribution in [2.24, 2.45) is 11.7 Å². The van der Waals surface area contributed by atoms with Crippen molar-refractivity contribution in [3.63, 3.8) is 0 Å². The predicted molar refractivity (Wildman–Crippen MR) is 85.2 cm³/mol. The van der Waals surface area contributed by atoms with E-state index in [1.54, 1.807) is 23.1 Å². The number of piperidine rings is 1. The van der Waals surface area contributed by atoms with E-state index in [1.165, 1.54) is 14.0 Å². The smallest absolute Gasteiger partial charge is 0.227 e. The number of benzene rings is 1. The number of carbonyl (C=O) groups is 3. The Labute approximate surface area is 135 Å². The molecule has 1 atom stereocenters. The lowest BCUT2D eigenvalue weighted by molar-refractivity contribution is -0.134. The molecule has 124 valence electrons. The molecule has 0 bridgehead atoms. The number of primary amides is 1. The number of carbonyl (C=O) groups excluding carboxylic acids is 3. The van der Waals surface area contributed by atoms with E-state index in [-0.39, 0.29) is 29.9 Å². The number of nitrogens with two attached hydrogens (primary N) is 1. The Balaban J connectivity index is 2.14. The number of methoxy groups -OCH3 is 1. The summed E-state index contributed by atoms with van der Waals surface area (Å²) in [5, 5.41) is 0. The summed E-state index contributed by atoms with van der Waals surface area (Å²) < 4.78 is 5.27. The number of likely N-dealkylation sites (tertiary alicyclic amines) is 1. The van der Waals surface area contributed by atoms with Gasteiger partial charge in [-0.2, -0.15) is 0 Å². The van der Waals surface area contributed by atoms with Gasteiger partial charge in [0.1, 0.15) is 5.75 Å². The number of nitrogens with zero attached hydrogens (tertiary/aromatic N) is 1. The first kappa shape index (κ1) is 17.0. The van der Waals surface area contributed by atoms with Crippen molar-refractivity contribution in [2.45, 2.75) is 26.2 Å². The quantitative estimate of drug-likeness (QED) is 0.825. The molecule has 2 N–H and O–H groups in total. The molecule has 2 rings (SSSR count). The van der Waals surface area contributed by atoms with Crippen molar-refractivity contribution in [1.29, 1.82) is 0 Å². The van der Waals surface area contributed by atoms with Crippen LogP contribution in [-0.2, 0) is 16.0 Å². The van der Waals surface area contributed by atoms with E-state index in [4.69, 9.17) is 10.5 Å². The maximum absolute atomic E-state index is 12.5. The van der Waals surface area contributed by atoms with E-state index in [0.717, 1.165) is 12.8 Å². The highest BCUT2D eigenvalue weighted by atomic mass is 16.5. The lowest BCUT2D eigenvalue weighted by Crippen LogP contribution is -2.44. The van der Waals surface area contributed by atoms with Gasteiger partial charge in [-0.05, 0) is 38.0 Å². The van der Waals surface area contributed by atoms with Crippen LogP contribution in [0.4, 0.5) is 0 Å². The highest BCUT2D eigenvalue weighted by Crippen LogP contribution is 2.23. The summed E-state index contributed by atoms with van der Waals surface area (Å²) in [6.45, 7) is 2.47. The number of ether oxygens (including phenoxy) is 1. The van der Waals surface area contributed by atoms with E-state index < -0.39 is 0 Å². The van der Waals surface area contributed by atoms with Crippen LogP contribution in [0.5, 0.6) is 5.75 Å². The van der Waals surface area contributed by atoms with E-state index in [9.17, 15) is 14.4 Å². The van der Waals surface area contributed by atoms with Crippen LogP contribution in [0.1, 0.15) is 35.7 Å². The molecule has 1 saturated heterocycles. The van der Waals surface area contributed by atoms with Crippen LogP contribution in [0.25, 0.3) is 0 Å². The first-order valence-electron chi connectivity index (χ1n) is 7.67. The molecule has 1 aliphatic heterocycles. The third-order valence-electron chi connectivity index (χ3n) is 4.21. The normalized spacial score (nSPS) is 17.7. The van der Waals surface area contributed by atoms with Crippen molar-refractivity contribution in [3.05, 3.63) is 29.3 Å². The Kier molecular flexibility index (Phi) is 5.36. The zero-order chi connectivity index (χ0) is 17.0. The van der Waals surface area contributed by atoms with Crippen LogP contribution in [0.3, 0.4) is 0 Å². The molecule has 1 fully saturated rings. The Hall–Kier alpha value is -2.37. The van der Waals surface area contributed by atoms with Gasteiger partial charge in [-0.3, -0.25) is 14.4 Å². The van der Waals surface area contributed by atoms with Gasteiger partial charge in [0.25, 0.3) is 0 Å². The summed E-state index contributed by atoms with van der Waals surface area (Å²) in [4.78, 5) is 37.0. The fourth-order valence-corrected chi connectivity index (χ4v) is 2.85.